The first-order valence-corrected chi connectivity index (χ1v) is 6.36. The number of benzene rings is 1. The van der Waals surface area contributed by atoms with Crippen LogP contribution >= 0.6 is 0 Å². The molecule has 0 amide bonds. The molecule has 2 rings (SSSR count). The average molecular weight is 234 g/mol. The van der Waals surface area contributed by atoms with Crippen LogP contribution in [0.3, 0.4) is 0 Å². The lowest BCUT2D eigenvalue weighted by Crippen LogP contribution is -2.47. The van der Waals surface area contributed by atoms with Crippen molar-refractivity contribution in [2.45, 2.75) is 39.2 Å². The quantitative estimate of drug-likeness (QED) is 0.817. The van der Waals surface area contributed by atoms with Crippen molar-refractivity contribution in [2.75, 3.05) is 23.7 Å². The molecule has 3 heteroatoms. The van der Waals surface area contributed by atoms with E-state index >= 15 is 0 Å². The molecule has 0 bridgehead atoms. The van der Waals surface area contributed by atoms with Gasteiger partial charge < -0.3 is 15.4 Å². The molecule has 1 aromatic rings. The van der Waals surface area contributed by atoms with Gasteiger partial charge in [0.25, 0.3) is 0 Å². The van der Waals surface area contributed by atoms with Gasteiger partial charge in [0.1, 0.15) is 17.0 Å². The fourth-order valence-electron chi connectivity index (χ4n) is 2.37. The fraction of sp³-hybridized carbons (Fsp3) is 0.571. The van der Waals surface area contributed by atoms with Gasteiger partial charge in [0.15, 0.2) is 0 Å². The number of nitrogen functional groups attached to an aromatic ring is 1. The number of fused-ring (bicyclic) bond motifs is 1. The van der Waals surface area contributed by atoms with Gasteiger partial charge in [-0.05, 0) is 32.4 Å². The first-order valence-electron chi connectivity index (χ1n) is 6.36. The van der Waals surface area contributed by atoms with Gasteiger partial charge in [-0.2, -0.15) is 0 Å². The number of hydrogen-bond donors (Lipinski definition) is 1. The summed E-state index contributed by atoms with van der Waals surface area (Å²) >= 11 is 0. The van der Waals surface area contributed by atoms with E-state index in [2.05, 4.69) is 25.7 Å². The number of unbranched alkanes of at least 4 members (excludes halogenated alkanes) is 1. The van der Waals surface area contributed by atoms with E-state index in [0.717, 1.165) is 30.2 Å². The second-order valence-electron chi connectivity index (χ2n) is 5.33. The van der Waals surface area contributed by atoms with E-state index in [4.69, 9.17) is 10.5 Å². The Kier molecular flexibility index (Phi) is 3.18. The Bertz CT molecular complexity index is 401. The zero-order valence-corrected chi connectivity index (χ0v) is 11.0. The maximum atomic E-state index is 6.07. The summed E-state index contributed by atoms with van der Waals surface area (Å²) in [6, 6.07) is 5.90. The number of anilines is 2. The van der Waals surface area contributed by atoms with Crippen molar-refractivity contribution in [3.05, 3.63) is 18.2 Å². The van der Waals surface area contributed by atoms with E-state index in [1.165, 1.54) is 12.8 Å². The SMILES string of the molecule is CCCCN1CC(C)(C)Oc2cccc(N)c21. The molecule has 0 atom stereocenters. The lowest BCUT2D eigenvalue weighted by molar-refractivity contribution is 0.105. The number of nitrogens with two attached hydrogens (primary N) is 1. The summed E-state index contributed by atoms with van der Waals surface area (Å²) in [5, 5.41) is 0. The third-order valence-electron chi connectivity index (χ3n) is 3.09. The summed E-state index contributed by atoms with van der Waals surface area (Å²) in [5.74, 6) is 0.914. The number of ether oxygens (including phenoxy) is 1. The smallest absolute Gasteiger partial charge is 0.145 e. The van der Waals surface area contributed by atoms with Gasteiger partial charge >= 0.3 is 0 Å². The van der Waals surface area contributed by atoms with Crippen LogP contribution in [0.1, 0.15) is 33.6 Å². The first-order chi connectivity index (χ1) is 8.03. The van der Waals surface area contributed by atoms with Crippen molar-refractivity contribution in [3.63, 3.8) is 0 Å². The molecule has 1 heterocycles. The zero-order chi connectivity index (χ0) is 12.5. The Morgan fingerprint density at radius 2 is 2.18 bits per heavy atom. The summed E-state index contributed by atoms with van der Waals surface area (Å²) in [4.78, 5) is 2.36. The van der Waals surface area contributed by atoms with Crippen LogP contribution in [-0.2, 0) is 0 Å². The van der Waals surface area contributed by atoms with Crippen LogP contribution in [0, 0.1) is 0 Å². The van der Waals surface area contributed by atoms with Gasteiger partial charge in [0.05, 0.1) is 12.2 Å². The van der Waals surface area contributed by atoms with Gasteiger partial charge in [-0.25, -0.2) is 0 Å². The molecular weight excluding hydrogens is 212 g/mol. The van der Waals surface area contributed by atoms with E-state index in [0.29, 0.717) is 0 Å². The van der Waals surface area contributed by atoms with Crippen molar-refractivity contribution >= 4 is 11.4 Å². The minimum atomic E-state index is -0.144. The lowest BCUT2D eigenvalue weighted by Gasteiger charge is -2.41. The molecule has 0 spiro atoms. The van der Waals surface area contributed by atoms with Crippen molar-refractivity contribution in [3.8, 4) is 5.75 Å². The second-order valence-corrected chi connectivity index (χ2v) is 5.33. The van der Waals surface area contributed by atoms with E-state index in [1.807, 2.05) is 18.2 Å². The summed E-state index contributed by atoms with van der Waals surface area (Å²) in [5.41, 5.74) is 7.81. The van der Waals surface area contributed by atoms with Crippen LogP contribution in [0.5, 0.6) is 5.75 Å². The van der Waals surface area contributed by atoms with E-state index < -0.39 is 0 Å². The van der Waals surface area contributed by atoms with Gasteiger partial charge in [0.2, 0.25) is 0 Å². The number of nitrogens with zero attached hydrogens (tertiary/aromatic N) is 1. The highest BCUT2D eigenvalue weighted by atomic mass is 16.5. The predicted molar refractivity (Wildman–Crippen MR) is 72.7 cm³/mol. The summed E-state index contributed by atoms with van der Waals surface area (Å²) in [6.07, 6.45) is 2.38. The van der Waals surface area contributed by atoms with Crippen LogP contribution in [0.15, 0.2) is 18.2 Å². The molecule has 0 saturated carbocycles. The Balaban J connectivity index is 2.34. The molecule has 0 fully saturated rings. The third kappa shape index (κ3) is 2.48. The Morgan fingerprint density at radius 1 is 1.41 bits per heavy atom. The van der Waals surface area contributed by atoms with Crippen LogP contribution in [0.4, 0.5) is 11.4 Å². The van der Waals surface area contributed by atoms with Crippen LogP contribution in [0.25, 0.3) is 0 Å². The lowest BCUT2D eigenvalue weighted by atomic mass is 10.0. The van der Waals surface area contributed by atoms with E-state index in [9.17, 15) is 0 Å². The first kappa shape index (κ1) is 12.1. The monoisotopic (exact) mass is 234 g/mol. The number of para-hydroxylation sites is 1. The summed E-state index contributed by atoms with van der Waals surface area (Å²) in [6.45, 7) is 8.40. The van der Waals surface area contributed by atoms with Gasteiger partial charge in [0, 0.05) is 6.54 Å². The Hall–Kier alpha value is -1.38. The molecule has 94 valence electrons. The van der Waals surface area contributed by atoms with Crippen LogP contribution in [0.2, 0.25) is 0 Å². The molecule has 0 aliphatic carbocycles. The molecule has 0 unspecified atom stereocenters. The minimum Gasteiger partial charge on any atom is -0.484 e. The highest BCUT2D eigenvalue weighted by molar-refractivity contribution is 5.76. The third-order valence-corrected chi connectivity index (χ3v) is 3.09. The molecule has 3 nitrogen and oxygen atoms in total. The van der Waals surface area contributed by atoms with E-state index in [-0.39, 0.29) is 5.60 Å². The molecule has 1 aliphatic rings. The molecule has 0 aromatic heterocycles. The highest BCUT2D eigenvalue weighted by Crippen LogP contribution is 2.40. The van der Waals surface area contributed by atoms with Crippen molar-refractivity contribution in [1.82, 2.24) is 0 Å². The van der Waals surface area contributed by atoms with Crippen molar-refractivity contribution < 1.29 is 4.74 Å². The van der Waals surface area contributed by atoms with Gasteiger partial charge in [-0.3, -0.25) is 0 Å². The molecule has 1 aromatic carbocycles. The average Bonchev–Trinajstić information content (AvgIpc) is 2.24. The van der Waals surface area contributed by atoms with Gasteiger partial charge in [-0.1, -0.05) is 19.4 Å². The summed E-state index contributed by atoms with van der Waals surface area (Å²) in [7, 11) is 0. The van der Waals surface area contributed by atoms with Crippen molar-refractivity contribution in [2.24, 2.45) is 0 Å². The Morgan fingerprint density at radius 3 is 2.88 bits per heavy atom. The fourth-order valence-corrected chi connectivity index (χ4v) is 2.37. The molecule has 17 heavy (non-hydrogen) atoms. The number of rotatable bonds is 3. The number of hydrogen-bond acceptors (Lipinski definition) is 3. The maximum absolute atomic E-state index is 6.07. The molecule has 0 saturated heterocycles. The van der Waals surface area contributed by atoms with Crippen LogP contribution < -0.4 is 15.4 Å². The maximum Gasteiger partial charge on any atom is 0.145 e. The van der Waals surface area contributed by atoms with Crippen molar-refractivity contribution in [1.29, 1.82) is 0 Å². The van der Waals surface area contributed by atoms with E-state index in [1.54, 1.807) is 0 Å². The standard InChI is InChI=1S/C14H22N2O/c1-4-5-9-16-10-14(2,3)17-12-8-6-7-11(15)13(12)16/h6-8H,4-5,9-10,15H2,1-3H3. The molecule has 0 radical (unpaired) electrons. The normalized spacial score (nSPS) is 17.5. The van der Waals surface area contributed by atoms with Gasteiger partial charge in [-0.15, -0.1) is 0 Å². The molecule has 1 aliphatic heterocycles. The summed E-state index contributed by atoms with van der Waals surface area (Å²) < 4.78 is 5.99. The zero-order valence-electron chi connectivity index (χ0n) is 11.0. The highest BCUT2D eigenvalue weighted by Gasteiger charge is 2.32. The van der Waals surface area contributed by atoms with Crippen LogP contribution in [-0.4, -0.2) is 18.7 Å². The Labute approximate surface area is 104 Å². The minimum absolute atomic E-state index is 0.144. The second kappa shape index (κ2) is 4.47. The predicted octanol–water partition coefficient (Wildman–Crippen LogP) is 3.05. The molecular formula is C14H22N2O. The topological polar surface area (TPSA) is 38.5 Å². The largest absolute Gasteiger partial charge is 0.484 e. The molecule has 2 N–H and O–H groups in total.